The second-order valence-corrected chi connectivity index (χ2v) is 6.51. The molecule has 0 atom stereocenters. The summed E-state index contributed by atoms with van der Waals surface area (Å²) in [5, 5.41) is 0.174. The number of hydrogen-bond donors (Lipinski definition) is 0. The van der Waals surface area contributed by atoms with E-state index in [1.54, 1.807) is 48.5 Å². The third-order valence-electron chi connectivity index (χ3n) is 3.60. The van der Waals surface area contributed by atoms with E-state index in [4.69, 9.17) is 21.1 Å². The molecule has 1 fully saturated rings. The topological polar surface area (TPSA) is 55.8 Å². The van der Waals surface area contributed by atoms with Gasteiger partial charge in [-0.1, -0.05) is 23.7 Å². The molecule has 0 unspecified atom stereocenters. The lowest BCUT2D eigenvalue weighted by molar-refractivity contribution is -0.113. The number of rotatable bonds is 4. The summed E-state index contributed by atoms with van der Waals surface area (Å²) in [6.45, 7) is 0. The predicted molar refractivity (Wildman–Crippen MR) is 99.4 cm³/mol. The lowest BCUT2D eigenvalue weighted by atomic mass is 10.1. The molecule has 0 aliphatic carbocycles. The molecule has 1 aliphatic rings. The van der Waals surface area contributed by atoms with Gasteiger partial charge in [0.05, 0.1) is 24.8 Å². The maximum absolute atomic E-state index is 12.7. The first-order chi connectivity index (χ1) is 12.0. The Balaban J connectivity index is 1.97. The molecule has 0 bridgehead atoms. The Morgan fingerprint density at radius 2 is 1.76 bits per heavy atom. The molecule has 0 spiro atoms. The first-order valence-electron chi connectivity index (χ1n) is 7.29. The minimum atomic E-state index is -0.387. The Bertz CT molecular complexity index is 864. The van der Waals surface area contributed by atoms with Gasteiger partial charge in [0.1, 0.15) is 0 Å². The van der Waals surface area contributed by atoms with Gasteiger partial charge in [-0.2, -0.15) is 0 Å². The summed E-state index contributed by atoms with van der Waals surface area (Å²) < 4.78 is 10.6. The zero-order chi connectivity index (χ0) is 18.0. The number of imide groups is 1. The number of ether oxygens (including phenoxy) is 2. The number of carbonyl (C=O) groups excluding carboxylic acids is 2. The van der Waals surface area contributed by atoms with Crippen LogP contribution >= 0.6 is 23.4 Å². The maximum atomic E-state index is 12.7. The van der Waals surface area contributed by atoms with Crippen LogP contribution in [0.2, 0.25) is 5.02 Å². The van der Waals surface area contributed by atoms with Crippen molar-refractivity contribution in [1.82, 2.24) is 0 Å². The Hall–Kier alpha value is -2.44. The fraction of sp³-hybridized carbons (Fsp3) is 0.111. The highest BCUT2D eigenvalue weighted by atomic mass is 35.5. The number of benzene rings is 2. The molecular weight excluding hydrogens is 362 g/mol. The van der Waals surface area contributed by atoms with Crippen molar-refractivity contribution in [2.24, 2.45) is 0 Å². The van der Waals surface area contributed by atoms with Crippen LogP contribution in [-0.2, 0) is 4.79 Å². The number of carbonyl (C=O) groups is 2. The zero-order valence-electron chi connectivity index (χ0n) is 13.5. The van der Waals surface area contributed by atoms with E-state index >= 15 is 0 Å². The van der Waals surface area contributed by atoms with Crippen LogP contribution in [0.5, 0.6) is 11.5 Å². The monoisotopic (exact) mass is 375 g/mol. The quantitative estimate of drug-likeness (QED) is 0.731. The van der Waals surface area contributed by atoms with Crippen LogP contribution in [0.15, 0.2) is 47.4 Å². The van der Waals surface area contributed by atoms with Crippen molar-refractivity contribution in [3.8, 4) is 11.5 Å². The second kappa shape index (κ2) is 7.21. The third kappa shape index (κ3) is 3.36. The van der Waals surface area contributed by atoms with Gasteiger partial charge in [0.25, 0.3) is 11.1 Å². The van der Waals surface area contributed by atoms with Crippen LogP contribution in [-0.4, -0.2) is 25.4 Å². The van der Waals surface area contributed by atoms with Gasteiger partial charge in [-0.25, -0.2) is 4.90 Å². The van der Waals surface area contributed by atoms with Crippen LogP contribution < -0.4 is 14.4 Å². The van der Waals surface area contributed by atoms with E-state index in [1.807, 2.05) is 0 Å². The molecule has 25 heavy (non-hydrogen) atoms. The van der Waals surface area contributed by atoms with Crippen molar-refractivity contribution in [3.05, 3.63) is 58.0 Å². The molecule has 5 nitrogen and oxygen atoms in total. The van der Waals surface area contributed by atoms with Crippen molar-refractivity contribution in [2.75, 3.05) is 19.1 Å². The van der Waals surface area contributed by atoms with E-state index in [1.165, 1.54) is 14.2 Å². The Morgan fingerprint density at radius 3 is 2.40 bits per heavy atom. The number of halogens is 1. The minimum absolute atomic E-state index is 0.312. The van der Waals surface area contributed by atoms with Crippen LogP contribution in [0.1, 0.15) is 5.56 Å². The molecule has 2 amide bonds. The van der Waals surface area contributed by atoms with Crippen LogP contribution in [0.3, 0.4) is 0 Å². The number of thioether (sulfide) groups is 1. The minimum Gasteiger partial charge on any atom is -0.493 e. The van der Waals surface area contributed by atoms with Gasteiger partial charge in [-0.05, 0) is 48.2 Å². The van der Waals surface area contributed by atoms with E-state index in [2.05, 4.69) is 0 Å². The third-order valence-corrected chi connectivity index (χ3v) is 4.72. The second-order valence-electron chi connectivity index (χ2n) is 5.08. The summed E-state index contributed by atoms with van der Waals surface area (Å²) in [6.07, 6.45) is 1.63. The van der Waals surface area contributed by atoms with E-state index in [9.17, 15) is 9.59 Å². The number of nitrogens with zero attached hydrogens (tertiary/aromatic N) is 1. The first kappa shape index (κ1) is 17.4. The maximum Gasteiger partial charge on any atom is 0.298 e. The lowest BCUT2D eigenvalue weighted by Crippen LogP contribution is -2.27. The van der Waals surface area contributed by atoms with Crippen LogP contribution in [0.4, 0.5) is 10.5 Å². The Kier molecular flexibility index (Phi) is 5.01. The molecule has 0 aromatic heterocycles. The molecule has 7 heteroatoms. The summed E-state index contributed by atoms with van der Waals surface area (Å²) in [7, 11) is 3.06. The van der Waals surface area contributed by atoms with E-state index in [-0.39, 0.29) is 11.1 Å². The van der Waals surface area contributed by atoms with Gasteiger partial charge in [-0.15, -0.1) is 0 Å². The molecule has 0 N–H and O–H groups in total. The normalized spacial score (nSPS) is 15.8. The molecule has 3 rings (SSSR count). The lowest BCUT2D eigenvalue weighted by Gasteiger charge is -2.12. The smallest absolute Gasteiger partial charge is 0.298 e. The molecule has 2 aromatic carbocycles. The first-order valence-corrected chi connectivity index (χ1v) is 8.49. The van der Waals surface area contributed by atoms with Gasteiger partial charge >= 0.3 is 0 Å². The molecule has 1 aliphatic heterocycles. The Morgan fingerprint density at radius 1 is 1.04 bits per heavy atom. The number of para-hydroxylation sites is 1. The summed E-state index contributed by atoms with van der Waals surface area (Å²) in [6, 6.07) is 11.9. The molecule has 1 saturated heterocycles. The molecule has 2 aromatic rings. The molecular formula is C18H14ClNO4S. The highest BCUT2D eigenvalue weighted by Crippen LogP contribution is 2.39. The summed E-state index contributed by atoms with van der Waals surface area (Å²) >= 11 is 6.74. The van der Waals surface area contributed by atoms with Gasteiger partial charge in [0.15, 0.2) is 11.5 Å². The van der Waals surface area contributed by atoms with Gasteiger partial charge in [0.2, 0.25) is 0 Å². The molecule has 0 radical (unpaired) electrons. The number of hydrogen-bond acceptors (Lipinski definition) is 5. The molecule has 1 heterocycles. The molecule has 128 valence electrons. The van der Waals surface area contributed by atoms with Gasteiger partial charge in [-0.3, -0.25) is 9.59 Å². The van der Waals surface area contributed by atoms with E-state index in [0.717, 1.165) is 16.7 Å². The summed E-state index contributed by atoms with van der Waals surface area (Å²) in [4.78, 5) is 26.4. The fourth-order valence-electron chi connectivity index (χ4n) is 2.45. The average Bonchev–Trinajstić information content (AvgIpc) is 2.89. The number of methoxy groups -OCH3 is 2. The molecule has 0 saturated carbocycles. The zero-order valence-corrected chi connectivity index (χ0v) is 15.1. The highest BCUT2D eigenvalue weighted by molar-refractivity contribution is 8.19. The van der Waals surface area contributed by atoms with Crippen molar-refractivity contribution < 1.29 is 19.1 Å². The summed E-state index contributed by atoms with van der Waals surface area (Å²) in [5.74, 6) is 0.665. The van der Waals surface area contributed by atoms with Crippen LogP contribution in [0.25, 0.3) is 6.08 Å². The fourth-order valence-corrected chi connectivity index (χ4v) is 3.41. The van der Waals surface area contributed by atoms with Crippen molar-refractivity contribution in [3.63, 3.8) is 0 Å². The number of anilines is 1. The Labute approximate surface area is 154 Å². The highest BCUT2D eigenvalue weighted by Gasteiger charge is 2.36. The standard InChI is InChI=1S/C18H14ClNO4S/c1-23-14-5-3-4-11(16(14)24-2)10-15-17(21)20(18(22)25-15)13-8-6-12(19)7-9-13/h3-10H,1-2H3/b15-10-. The largest absolute Gasteiger partial charge is 0.493 e. The van der Waals surface area contributed by atoms with Gasteiger partial charge < -0.3 is 9.47 Å². The SMILES string of the molecule is COc1cccc(/C=C2\SC(=O)N(c3ccc(Cl)cc3)C2=O)c1OC. The summed E-state index contributed by atoms with van der Waals surface area (Å²) in [5.41, 5.74) is 1.14. The number of amides is 2. The van der Waals surface area contributed by atoms with Crippen LogP contribution in [0, 0.1) is 0 Å². The van der Waals surface area contributed by atoms with E-state index < -0.39 is 0 Å². The van der Waals surface area contributed by atoms with Gasteiger partial charge in [0, 0.05) is 10.6 Å². The average molecular weight is 376 g/mol. The van der Waals surface area contributed by atoms with Crippen molar-refractivity contribution in [2.45, 2.75) is 0 Å². The predicted octanol–water partition coefficient (Wildman–Crippen LogP) is 4.60. The van der Waals surface area contributed by atoms with Crippen molar-refractivity contribution in [1.29, 1.82) is 0 Å². The van der Waals surface area contributed by atoms with Crippen molar-refractivity contribution >= 4 is 46.3 Å². The van der Waals surface area contributed by atoms with E-state index in [0.29, 0.717) is 32.7 Å².